The number of nitrogens with one attached hydrogen (secondary N) is 2. The molecular weight excluding hydrogens is 402 g/mol. The predicted octanol–water partition coefficient (Wildman–Crippen LogP) is 4.59. The molecule has 0 spiro atoms. The Hall–Kier alpha value is -3.12. The van der Waals surface area contributed by atoms with Crippen LogP contribution in [0.2, 0.25) is 5.02 Å². The summed E-state index contributed by atoms with van der Waals surface area (Å²) >= 11 is 6.17. The van der Waals surface area contributed by atoms with Crippen LogP contribution in [0, 0.1) is 5.92 Å². The fourth-order valence-electron chi connectivity index (χ4n) is 3.02. The second-order valence-electron chi connectivity index (χ2n) is 7.34. The number of carbonyl (C=O) groups is 2. The van der Waals surface area contributed by atoms with Crippen LogP contribution in [0.25, 0.3) is 11.3 Å². The predicted molar refractivity (Wildman–Crippen MR) is 115 cm³/mol. The van der Waals surface area contributed by atoms with E-state index in [1.807, 2.05) is 42.5 Å². The summed E-state index contributed by atoms with van der Waals surface area (Å²) in [4.78, 5) is 28.2. The molecule has 4 rings (SSSR count). The molecule has 0 unspecified atom stereocenters. The number of aryl methyl sites for hydroxylation is 1. The Morgan fingerprint density at radius 2 is 1.87 bits per heavy atom. The molecular formula is C23H22ClN3O3. The molecule has 154 valence electrons. The van der Waals surface area contributed by atoms with Crippen LogP contribution in [-0.2, 0) is 22.6 Å². The molecule has 3 aromatic rings. The molecule has 0 atom stereocenters. The van der Waals surface area contributed by atoms with Crippen molar-refractivity contribution in [3.63, 3.8) is 0 Å². The number of carbonyl (C=O) groups excluding carboxylic acids is 2. The molecule has 0 bridgehead atoms. The van der Waals surface area contributed by atoms with Gasteiger partial charge in [0.25, 0.3) is 0 Å². The van der Waals surface area contributed by atoms with Gasteiger partial charge in [0.1, 0.15) is 0 Å². The van der Waals surface area contributed by atoms with Crippen molar-refractivity contribution in [2.24, 2.45) is 5.92 Å². The van der Waals surface area contributed by atoms with Gasteiger partial charge in [0, 0.05) is 36.6 Å². The summed E-state index contributed by atoms with van der Waals surface area (Å²) in [6.07, 6.45) is 4.26. The van der Waals surface area contributed by atoms with E-state index in [0.717, 1.165) is 29.7 Å². The van der Waals surface area contributed by atoms with E-state index in [1.54, 1.807) is 12.3 Å². The number of halogens is 1. The van der Waals surface area contributed by atoms with E-state index in [9.17, 15) is 9.59 Å². The van der Waals surface area contributed by atoms with Crippen molar-refractivity contribution >= 4 is 29.1 Å². The van der Waals surface area contributed by atoms with Crippen molar-refractivity contribution < 1.29 is 14.0 Å². The first-order chi connectivity index (χ1) is 14.6. The van der Waals surface area contributed by atoms with Crippen LogP contribution in [0.15, 0.2) is 59.1 Å². The third-order valence-corrected chi connectivity index (χ3v) is 5.25. The van der Waals surface area contributed by atoms with Crippen LogP contribution in [0.1, 0.15) is 30.7 Å². The number of hydrogen-bond acceptors (Lipinski definition) is 4. The van der Waals surface area contributed by atoms with Crippen molar-refractivity contribution in [3.8, 4) is 11.3 Å². The van der Waals surface area contributed by atoms with Crippen LogP contribution in [0.4, 0.5) is 5.69 Å². The molecule has 6 nitrogen and oxygen atoms in total. The molecule has 1 aromatic heterocycles. The topological polar surface area (TPSA) is 84.2 Å². The standard InChI is InChI=1S/C23H22ClN3O3/c24-19-4-2-1-3-18(19)20-14-26-22(30-20)12-11-21(28)25-13-15-5-9-17(10-6-15)27-23(29)16-7-8-16/h1-6,9-10,14,16H,7-8,11-13H2,(H,25,28)(H,27,29). The van der Waals surface area contributed by atoms with Gasteiger partial charge >= 0.3 is 0 Å². The highest BCUT2D eigenvalue weighted by Crippen LogP contribution is 2.30. The monoisotopic (exact) mass is 423 g/mol. The normalized spacial score (nSPS) is 13.1. The zero-order valence-electron chi connectivity index (χ0n) is 16.4. The lowest BCUT2D eigenvalue weighted by Gasteiger charge is -2.07. The van der Waals surface area contributed by atoms with Gasteiger partial charge in [0.2, 0.25) is 11.8 Å². The third-order valence-electron chi connectivity index (χ3n) is 4.92. The summed E-state index contributed by atoms with van der Waals surface area (Å²) in [5, 5.41) is 6.38. The maximum absolute atomic E-state index is 12.2. The van der Waals surface area contributed by atoms with E-state index < -0.39 is 0 Å². The van der Waals surface area contributed by atoms with Gasteiger partial charge in [0.15, 0.2) is 11.7 Å². The highest BCUT2D eigenvalue weighted by atomic mass is 35.5. The maximum Gasteiger partial charge on any atom is 0.227 e. The number of rotatable bonds is 8. The van der Waals surface area contributed by atoms with Crippen LogP contribution in [-0.4, -0.2) is 16.8 Å². The first-order valence-electron chi connectivity index (χ1n) is 9.94. The first-order valence-corrected chi connectivity index (χ1v) is 10.3. The van der Waals surface area contributed by atoms with Crippen LogP contribution < -0.4 is 10.6 Å². The smallest absolute Gasteiger partial charge is 0.227 e. The molecule has 0 saturated heterocycles. The number of nitrogens with zero attached hydrogens (tertiary/aromatic N) is 1. The van der Waals surface area contributed by atoms with Gasteiger partial charge < -0.3 is 15.1 Å². The van der Waals surface area contributed by atoms with Gasteiger partial charge in [0.05, 0.1) is 11.2 Å². The fraction of sp³-hybridized carbons (Fsp3) is 0.261. The average Bonchev–Trinajstić information content (AvgIpc) is 3.51. The van der Waals surface area contributed by atoms with Gasteiger partial charge in [-0.3, -0.25) is 9.59 Å². The van der Waals surface area contributed by atoms with E-state index in [4.69, 9.17) is 16.0 Å². The number of anilines is 1. The highest BCUT2D eigenvalue weighted by molar-refractivity contribution is 6.33. The van der Waals surface area contributed by atoms with Crippen molar-refractivity contribution in [2.75, 3.05) is 5.32 Å². The SMILES string of the molecule is O=C(CCc1ncc(-c2ccccc2Cl)o1)NCc1ccc(NC(=O)C2CC2)cc1. The molecule has 2 amide bonds. The van der Waals surface area contributed by atoms with Crippen LogP contribution >= 0.6 is 11.6 Å². The molecule has 1 fully saturated rings. The lowest BCUT2D eigenvalue weighted by atomic mass is 10.2. The second kappa shape index (κ2) is 9.13. The number of aromatic nitrogens is 1. The second-order valence-corrected chi connectivity index (χ2v) is 7.74. The largest absolute Gasteiger partial charge is 0.441 e. The number of benzene rings is 2. The van der Waals surface area contributed by atoms with Crippen molar-refractivity contribution in [1.82, 2.24) is 10.3 Å². The van der Waals surface area contributed by atoms with E-state index in [0.29, 0.717) is 29.6 Å². The number of oxazole rings is 1. The zero-order valence-corrected chi connectivity index (χ0v) is 17.1. The Morgan fingerprint density at radius 3 is 2.60 bits per heavy atom. The van der Waals surface area contributed by atoms with Gasteiger partial charge in [-0.05, 0) is 42.7 Å². The first kappa shape index (κ1) is 20.2. The Bertz CT molecular complexity index is 1040. The minimum atomic E-state index is -0.0846. The third kappa shape index (κ3) is 5.27. The van der Waals surface area contributed by atoms with Crippen LogP contribution in [0.5, 0.6) is 0 Å². The summed E-state index contributed by atoms with van der Waals surface area (Å²) in [5.74, 6) is 1.26. The molecule has 1 heterocycles. The minimum absolute atomic E-state index is 0.0836. The molecule has 2 aromatic carbocycles. The quantitative estimate of drug-likeness (QED) is 0.554. The molecule has 0 aliphatic heterocycles. The lowest BCUT2D eigenvalue weighted by molar-refractivity contribution is -0.121. The zero-order chi connectivity index (χ0) is 20.9. The summed E-state index contributed by atoms with van der Waals surface area (Å²) in [6.45, 7) is 0.423. The number of hydrogen-bond donors (Lipinski definition) is 2. The summed E-state index contributed by atoms with van der Waals surface area (Å²) in [7, 11) is 0. The number of amides is 2. The lowest BCUT2D eigenvalue weighted by Crippen LogP contribution is -2.23. The molecule has 2 N–H and O–H groups in total. The molecule has 7 heteroatoms. The summed E-state index contributed by atoms with van der Waals surface area (Å²) < 4.78 is 5.72. The van der Waals surface area contributed by atoms with Gasteiger partial charge in [-0.2, -0.15) is 0 Å². The Labute approximate surface area is 179 Å². The molecule has 30 heavy (non-hydrogen) atoms. The molecule has 1 saturated carbocycles. The van der Waals surface area contributed by atoms with E-state index in [2.05, 4.69) is 15.6 Å². The van der Waals surface area contributed by atoms with Gasteiger partial charge in [-0.15, -0.1) is 0 Å². The highest BCUT2D eigenvalue weighted by Gasteiger charge is 2.29. The van der Waals surface area contributed by atoms with E-state index >= 15 is 0 Å². The van der Waals surface area contributed by atoms with Crippen LogP contribution in [0.3, 0.4) is 0 Å². The van der Waals surface area contributed by atoms with E-state index in [1.165, 1.54) is 0 Å². The molecule has 1 aliphatic rings. The average molecular weight is 424 g/mol. The fourth-order valence-corrected chi connectivity index (χ4v) is 3.25. The van der Waals surface area contributed by atoms with Crippen molar-refractivity contribution in [3.05, 3.63) is 71.2 Å². The molecule has 0 radical (unpaired) electrons. The van der Waals surface area contributed by atoms with E-state index in [-0.39, 0.29) is 24.2 Å². The molecule has 1 aliphatic carbocycles. The Balaban J connectivity index is 1.22. The van der Waals surface area contributed by atoms with Gasteiger partial charge in [-0.25, -0.2) is 4.98 Å². The maximum atomic E-state index is 12.2. The Kier molecular flexibility index (Phi) is 6.14. The minimum Gasteiger partial charge on any atom is -0.441 e. The summed E-state index contributed by atoms with van der Waals surface area (Å²) in [6, 6.07) is 14.9. The summed E-state index contributed by atoms with van der Waals surface area (Å²) in [5.41, 5.74) is 2.52. The van der Waals surface area contributed by atoms with Gasteiger partial charge in [-0.1, -0.05) is 35.9 Å². The van der Waals surface area contributed by atoms with Crippen molar-refractivity contribution in [1.29, 1.82) is 0 Å². The Morgan fingerprint density at radius 1 is 1.10 bits per heavy atom. The van der Waals surface area contributed by atoms with Crippen molar-refractivity contribution in [2.45, 2.75) is 32.2 Å².